The van der Waals surface area contributed by atoms with E-state index < -0.39 is 17.6 Å². The van der Waals surface area contributed by atoms with Gasteiger partial charge in [0.2, 0.25) is 0 Å². The topological polar surface area (TPSA) is 9.23 Å². The summed E-state index contributed by atoms with van der Waals surface area (Å²) in [5.74, 6) is -0.292. The van der Waals surface area contributed by atoms with Crippen LogP contribution in [0.25, 0.3) is 0 Å². The second kappa shape index (κ2) is 5.30. The highest BCUT2D eigenvalue weighted by Gasteiger charge is 2.33. The Morgan fingerprint density at radius 3 is 2.26 bits per heavy atom. The van der Waals surface area contributed by atoms with Gasteiger partial charge in [0.15, 0.2) is 0 Å². The van der Waals surface area contributed by atoms with Gasteiger partial charge in [-0.05, 0) is 30.3 Å². The van der Waals surface area contributed by atoms with Crippen LogP contribution >= 0.6 is 0 Å². The summed E-state index contributed by atoms with van der Waals surface area (Å²) in [6.07, 6.45) is -4.52. The largest absolute Gasteiger partial charge is 0.489 e. The van der Waals surface area contributed by atoms with E-state index in [1.54, 1.807) is 30.3 Å². The van der Waals surface area contributed by atoms with Gasteiger partial charge in [0.1, 0.15) is 18.2 Å². The van der Waals surface area contributed by atoms with Gasteiger partial charge in [-0.15, -0.1) is 0 Å². The van der Waals surface area contributed by atoms with Gasteiger partial charge in [0, 0.05) is 5.56 Å². The van der Waals surface area contributed by atoms with Gasteiger partial charge in [-0.2, -0.15) is 13.2 Å². The van der Waals surface area contributed by atoms with Crippen molar-refractivity contribution in [2.24, 2.45) is 0 Å². The summed E-state index contributed by atoms with van der Waals surface area (Å²) in [7, 11) is 0. The van der Waals surface area contributed by atoms with E-state index in [0.29, 0.717) is 5.75 Å². The Bertz CT molecular complexity index is 549. The molecule has 0 aromatic heterocycles. The van der Waals surface area contributed by atoms with Gasteiger partial charge >= 0.3 is 6.18 Å². The molecule has 0 saturated carbocycles. The molecule has 0 spiro atoms. The zero-order chi connectivity index (χ0) is 13.9. The number of benzene rings is 2. The van der Waals surface area contributed by atoms with Crippen molar-refractivity contribution in [2.75, 3.05) is 0 Å². The fraction of sp³-hybridized carbons (Fsp3) is 0.143. The van der Waals surface area contributed by atoms with Crippen LogP contribution in [0, 0.1) is 5.82 Å². The smallest absolute Gasteiger partial charge is 0.416 e. The van der Waals surface area contributed by atoms with Gasteiger partial charge in [-0.1, -0.05) is 18.2 Å². The molecule has 0 aliphatic heterocycles. The molecule has 0 radical (unpaired) electrons. The molecule has 2 aromatic rings. The lowest BCUT2D eigenvalue weighted by atomic mass is 10.1. The maximum absolute atomic E-state index is 13.0. The number of hydrogen-bond donors (Lipinski definition) is 0. The zero-order valence-electron chi connectivity index (χ0n) is 9.75. The molecule has 0 unspecified atom stereocenters. The van der Waals surface area contributed by atoms with E-state index in [-0.39, 0.29) is 12.2 Å². The Morgan fingerprint density at radius 2 is 1.63 bits per heavy atom. The lowest BCUT2D eigenvalue weighted by molar-refractivity contribution is -0.138. The number of ether oxygens (including phenoxy) is 1. The van der Waals surface area contributed by atoms with Gasteiger partial charge in [-0.3, -0.25) is 0 Å². The molecule has 0 N–H and O–H groups in total. The van der Waals surface area contributed by atoms with Crippen molar-refractivity contribution in [3.8, 4) is 5.75 Å². The van der Waals surface area contributed by atoms with E-state index in [4.69, 9.17) is 4.74 Å². The summed E-state index contributed by atoms with van der Waals surface area (Å²) in [4.78, 5) is 0. The van der Waals surface area contributed by atoms with E-state index in [0.717, 1.165) is 18.2 Å². The molecule has 0 amide bonds. The van der Waals surface area contributed by atoms with Crippen molar-refractivity contribution < 1.29 is 22.3 Å². The minimum absolute atomic E-state index is 0.226. The lowest BCUT2D eigenvalue weighted by Gasteiger charge is -2.13. The highest BCUT2D eigenvalue weighted by atomic mass is 19.4. The molecular formula is C14H10F4O. The Kier molecular flexibility index (Phi) is 3.74. The van der Waals surface area contributed by atoms with Gasteiger partial charge in [-0.25, -0.2) is 4.39 Å². The van der Waals surface area contributed by atoms with E-state index >= 15 is 0 Å². The molecule has 5 heteroatoms. The predicted molar refractivity (Wildman–Crippen MR) is 62.2 cm³/mol. The lowest BCUT2D eigenvalue weighted by Crippen LogP contribution is -2.11. The predicted octanol–water partition coefficient (Wildman–Crippen LogP) is 4.42. The monoisotopic (exact) mass is 270 g/mol. The Balaban J connectivity index is 2.22. The third-order valence-corrected chi connectivity index (χ3v) is 2.51. The molecular weight excluding hydrogens is 260 g/mol. The first-order valence-electron chi connectivity index (χ1n) is 5.50. The summed E-state index contributed by atoms with van der Waals surface area (Å²) in [6, 6.07) is 10.7. The van der Waals surface area contributed by atoms with Crippen LogP contribution in [-0.4, -0.2) is 0 Å². The summed E-state index contributed by atoms with van der Waals surface area (Å²) >= 11 is 0. The number of rotatable bonds is 3. The fourth-order valence-corrected chi connectivity index (χ4v) is 1.64. The average Bonchev–Trinajstić information content (AvgIpc) is 2.36. The molecule has 2 rings (SSSR count). The number of alkyl halides is 3. The Labute approximate surface area is 107 Å². The summed E-state index contributed by atoms with van der Waals surface area (Å²) in [5.41, 5.74) is -1.11. The molecule has 0 aliphatic rings. The second-order valence-electron chi connectivity index (χ2n) is 3.90. The zero-order valence-corrected chi connectivity index (χ0v) is 9.75. The molecule has 0 atom stereocenters. The van der Waals surface area contributed by atoms with Crippen molar-refractivity contribution >= 4 is 0 Å². The minimum atomic E-state index is -4.52. The minimum Gasteiger partial charge on any atom is -0.489 e. The highest BCUT2D eigenvalue weighted by molar-refractivity contribution is 5.31. The van der Waals surface area contributed by atoms with Crippen LogP contribution < -0.4 is 4.74 Å². The van der Waals surface area contributed by atoms with Crippen LogP contribution in [0.4, 0.5) is 17.6 Å². The standard InChI is InChI=1S/C14H10F4O/c15-11-6-7-13(14(16,17)18)10(8-11)9-19-12-4-2-1-3-5-12/h1-8H,9H2. The first-order valence-corrected chi connectivity index (χ1v) is 5.50. The SMILES string of the molecule is Fc1ccc(C(F)(F)F)c(COc2ccccc2)c1. The number of halogens is 4. The van der Waals surface area contributed by atoms with Crippen LogP contribution in [0.2, 0.25) is 0 Å². The van der Waals surface area contributed by atoms with Crippen molar-refractivity contribution in [1.29, 1.82) is 0 Å². The third-order valence-electron chi connectivity index (χ3n) is 2.51. The Morgan fingerprint density at radius 1 is 0.947 bits per heavy atom. The fourth-order valence-electron chi connectivity index (χ4n) is 1.64. The normalized spacial score (nSPS) is 11.4. The van der Waals surface area contributed by atoms with Gasteiger partial charge in [0.25, 0.3) is 0 Å². The van der Waals surface area contributed by atoms with E-state index in [2.05, 4.69) is 0 Å². The van der Waals surface area contributed by atoms with E-state index in [1.165, 1.54) is 0 Å². The Hall–Kier alpha value is -2.04. The van der Waals surface area contributed by atoms with Gasteiger partial charge in [0.05, 0.1) is 5.56 Å². The summed E-state index contributed by atoms with van der Waals surface area (Å²) in [6.45, 7) is -0.337. The molecule has 19 heavy (non-hydrogen) atoms. The second-order valence-corrected chi connectivity index (χ2v) is 3.90. The quantitative estimate of drug-likeness (QED) is 0.750. The molecule has 0 bridgehead atoms. The maximum atomic E-state index is 13.0. The maximum Gasteiger partial charge on any atom is 0.416 e. The molecule has 0 saturated heterocycles. The van der Waals surface area contributed by atoms with Crippen LogP contribution in [-0.2, 0) is 12.8 Å². The number of para-hydroxylation sites is 1. The first-order chi connectivity index (χ1) is 8.97. The van der Waals surface area contributed by atoms with Crippen LogP contribution in [0.15, 0.2) is 48.5 Å². The third kappa shape index (κ3) is 3.47. The highest BCUT2D eigenvalue weighted by Crippen LogP contribution is 2.32. The average molecular weight is 270 g/mol. The molecule has 1 nitrogen and oxygen atoms in total. The molecule has 0 fully saturated rings. The number of hydrogen-bond acceptors (Lipinski definition) is 1. The van der Waals surface area contributed by atoms with Crippen molar-refractivity contribution in [2.45, 2.75) is 12.8 Å². The summed E-state index contributed by atoms with van der Waals surface area (Å²) in [5, 5.41) is 0. The van der Waals surface area contributed by atoms with E-state index in [9.17, 15) is 17.6 Å². The molecule has 100 valence electrons. The molecule has 0 aliphatic carbocycles. The van der Waals surface area contributed by atoms with Gasteiger partial charge < -0.3 is 4.74 Å². The first kappa shape index (κ1) is 13.4. The van der Waals surface area contributed by atoms with Crippen LogP contribution in [0.1, 0.15) is 11.1 Å². The molecule has 0 heterocycles. The van der Waals surface area contributed by atoms with Crippen molar-refractivity contribution in [3.63, 3.8) is 0 Å². The van der Waals surface area contributed by atoms with Crippen LogP contribution in [0.5, 0.6) is 5.75 Å². The molecule has 2 aromatic carbocycles. The van der Waals surface area contributed by atoms with E-state index in [1.807, 2.05) is 0 Å². The summed E-state index contributed by atoms with van der Waals surface area (Å²) < 4.78 is 56.4. The van der Waals surface area contributed by atoms with Crippen molar-refractivity contribution in [1.82, 2.24) is 0 Å². The van der Waals surface area contributed by atoms with Crippen LogP contribution in [0.3, 0.4) is 0 Å². The van der Waals surface area contributed by atoms with Crippen molar-refractivity contribution in [3.05, 3.63) is 65.5 Å².